The van der Waals surface area contributed by atoms with E-state index in [2.05, 4.69) is 11.7 Å². The summed E-state index contributed by atoms with van der Waals surface area (Å²) in [5, 5.41) is 0. The van der Waals surface area contributed by atoms with Crippen LogP contribution in [-0.2, 0) is 9.53 Å². The zero-order valence-electron chi connectivity index (χ0n) is 16.6. The first kappa shape index (κ1) is 24.7. The van der Waals surface area contributed by atoms with Crippen LogP contribution < -0.4 is 29.6 Å². The molecule has 0 spiro atoms. The zero-order valence-corrected chi connectivity index (χ0v) is 17.6. The van der Waals surface area contributed by atoms with E-state index in [1.165, 1.54) is 97.0 Å². The fourth-order valence-corrected chi connectivity index (χ4v) is 2.74. The van der Waals surface area contributed by atoms with Gasteiger partial charge < -0.3 is 6.16 Å². The molecule has 0 saturated carbocycles. The molecule has 0 aromatic rings. The van der Waals surface area contributed by atoms with E-state index in [-0.39, 0.29) is 37.0 Å². The molecule has 0 heterocycles. The summed E-state index contributed by atoms with van der Waals surface area (Å²) in [7, 11) is 1.47. The number of esters is 1. The van der Waals surface area contributed by atoms with E-state index in [0.29, 0.717) is 6.42 Å². The zero-order chi connectivity index (χ0) is 15.6. The molecule has 0 aliphatic heterocycles. The summed E-state index contributed by atoms with van der Waals surface area (Å²) >= 11 is 0. The Morgan fingerprint density at radius 2 is 1.00 bits per heavy atom. The number of methoxy groups -OCH3 is 1. The van der Waals surface area contributed by atoms with Crippen molar-refractivity contribution >= 4 is 5.97 Å². The Balaban J connectivity index is -0.00000200. The second-order valence-electron chi connectivity index (χ2n) is 6.28. The summed E-state index contributed by atoms with van der Waals surface area (Å²) in [6, 6.07) is 0. The van der Waals surface area contributed by atoms with Gasteiger partial charge in [0.15, 0.2) is 0 Å². The van der Waals surface area contributed by atoms with Crippen LogP contribution in [0, 0.1) is 0 Å². The van der Waals surface area contributed by atoms with Gasteiger partial charge in [-0.25, -0.2) is 0 Å². The van der Waals surface area contributed by atoms with E-state index in [4.69, 9.17) is 0 Å². The van der Waals surface area contributed by atoms with E-state index in [0.717, 1.165) is 6.42 Å². The number of hydrogen-bond donors (Lipinski definition) is 0. The quantitative estimate of drug-likeness (QED) is 0.247. The van der Waals surface area contributed by atoms with Crippen LogP contribution in [0.5, 0.6) is 0 Å². The maximum absolute atomic E-state index is 10.9. The molecule has 0 saturated heterocycles. The predicted molar refractivity (Wildman–Crippen MR) is 92.7 cm³/mol. The first-order chi connectivity index (χ1) is 10.3. The van der Waals surface area contributed by atoms with E-state index in [1.807, 2.05) is 0 Å². The van der Waals surface area contributed by atoms with E-state index in [1.54, 1.807) is 0 Å². The molecular formula is C19H39NaO2. The Bertz CT molecular complexity index is 225. The summed E-state index contributed by atoms with van der Waals surface area (Å²) < 4.78 is 4.63. The van der Waals surface area contributed by atoms with Crippen molar-refractivity contribution in [2.75, 3.05) is 7.11 Å². The molecule has 0 unspecified atom stereocenters. The van der Waals surface area contributed by atoms with Crippen LogP contribution in [0.15, 0.2) is 0 Å². The smallest absolute Gasteiger partial charge is 1.00 e. The molecule has 0 radical (unpaired) electrons. The minimum Gasteiger partial charge on any atom is -1.00 e. The Morgan fingerprint density at radius 3 is 1.32 bits per heavy atom. The van der Waals surface area contributed by atoms with Gasteiger partial charge in [0, 0.05) is 6.42 Å². The second kappa shape index (κ2) is 21.5. The molecule has 0 aliphatic carbocycles. The molecule has 0 N–H and O–H groups in total. The molecule has 128 valence electrons. The van der Waals surface area contributed by atoms with Crippen LogP contribution in [0.2, 0.25) is 0 Å². The maximum Gasteiger partial charge on any atom is 1.00 e. The number of ether oxygens (including phenoxy) is 1. The van der Waals surface area contributed by atoms with Crippen molar-refractivity contribution in [1.82, 2.24) is 0 Å². The normalized spacial score (nSPS) is 10.3. The number of rotatable bonds is 16. The average molecular weight is 323 g/mol. The van der Waals surface area contributed by atoms with Gasteiger partial charge in [-0.3, -0.25) is 4.79 Å². The summed E-state index contributed by atoms with van der Waals surface area (Å²) in [5.74, 6) is -0.0651. The molecule has 3 heteroatoms. The number of carbonyl (C=O) groups excluding carboxylic acids is 1. The van der Waals surface area contributed by atoms with Crippen LogP contribution in [0.1, 0.15) is 111 Å². The van der Waals surface area contributed by atoms with Gasteiger partial charge in [0.2, 0.25) is 0 Å². The molecule has 0 atom stereocenters. The van der Waals surface area contributed by atoms with Gasteiger partial charge >= 0.3 is 35.5 Å². The molecule has 0 aliphatic rings. The Morgan fingerprint density at radius 1 is 0.682 bits per heavy atom. The standard InChI is InChI=1S/C19H38O2.Na.H/c1-3-4-5-6-7-8-9-10-11-12-13-14-15-16-17-18-19(20)21-2;;/h3-18H2,1-2H3;;/q;+1;-1. The third-order valence-corrected chi connectivity index (χ3v) is 4.21. The van der Waals surface area contributed by atoms with Crippen LogP contribution >= 0.6 is 0 Å². The molecule has 0 bridgehead atoms. The van der Waals surface area contributed by atoms with Crippen LogP contribution in [0.4, 0.5) is 0 Å². The third kappa shape index (κ3) is 20.5. The van der Waals surface area contributed by atoms with Crippen molar-refractivity contribution in [1.29, 1.82) is 0 Å². The van der Waals surface area contributed by atoms with E-state index >= 15 is 0 Å². The fraction of sp³-hybridized carbons (Fsp3) is 0.947. The monoisotopic (exact) mass is 322 g/mol. The molecule has 22 heavy (non-hydrogen) atoms. The molecule has 0 aromatic heterocycles. The van der Waals surface area contributed by atoms with Crippen molar-refractivity contribution in [2.45, 2.75) is 110 Å². The molecule has 0 fully saturated rings. The molecule has 2 nitrogen and oxygen atoms in total. The SMILES string of the molecule is CCCCCCCCCCCCCCCCCC(=O)OC.[H-].[Na+]. The van der Waals surface area contributed by atoms with Gasteiger partial charge in [0.1, 0.15) is 0 Å². The summed E-state index contributed by atoms with van der Waals surface area (Å²) in [6.07, 6.45) is 20.9. The first-order valence-corrected chi connectivity index (χ1v) is 9.38. The van der Waals surface area contributed by atoms with Crippen molar-refractivity contribution in [2.24, 2.45) is 0 Å². The largest absolute Gasteiger partial charge is 1.00 e. The summed E-state index contributed by atoms with van der Waals surface area (Å²) in [4.78, 5) is 10.9. The van der Waals surface area contributed by atoms with Crippen molar-refractivity contribution in [3.63, 3.8) is 0 Å². The Labute approximate surface area is 162 Å². The Kier molecular flexibility index (Phi) is 24.1. The van der Waals surface area contributed by atoms with E-state index < -0.39 is 0 Å². The summed E-state index contributed by atoms with van der Waals surface area (Å²) in [6.45, 7) is 2.28. The number of unbranched alkanes of at least 4 members (excludes halogenated alkanes) is 14. The number of carbonyl (C=O) groups is 1. The van der Waals surface area contributed by atoms with Crippen LogP contribution in [-0.4, -0.2) is 13.1 Å². The van der Waals surface area contributed by atoms with Crippen LogP contribution in [0.25, 0.3) is 0 Å². The van der Waals surface area contributed by atoms with Crippen molar-refractivity contribution in [3.05, 3.63) is 0 Å². The molecule has 0 aromatic carbocycles. The maximum atomic E-state index is 10.9. The minimum atomic E-state index is -0.0651. The predicted octanol–water partition coefficient (Wildman–Crippen LogP) is 3.54. The van der Waals surface area contributed by atoms with Gasteiger partial charge in [-0.15, -0.1) is 0 Å². The summed E-state index contributed by atoms with van der Waals surface area (Å²) in [5.41, 5.74) is 0. The van der Waals surface area contributed by atoms with Gasteiger partial charge in [-0.1, -0.05) is 96.8 Å². The average Bonchev–Trinajstić information content (AvgIpc) is 2.50. The van der Waals surface area contributed by atoms with Gasteiger partial charge in [-0.2, -0.15) is 0 Å². The van der Waals surface area contributed by atoms with Crippen LogP contribution in [0.3, 0.4) is 0 Å². The van der Waals surface area contributed by atoms with Gasteiger partial charge in [-0.05, 0) is 6.42 Å². The van der Waals surface area contributed by atoms with Crippen molar-refractivity contribution < 1.29 is 40.5 Å². The van der Waals surface area contributed by atoms with E-state index in [9.17, 15) is 4.79 Å². The van der Waals surface area contributed by atoms with Gasteiger partial charge in [0.05, 0.1) is 7.11 Å². The Hall–Kier alpha value is 0.470. The molecule has 0 rings (SSSR count). The fourth-order valence-electron chi connectivity index (χ4n) is 2.74. The van der Waals surface area contributed by atoms with Crippen molar-refractivity contribution in [3.8, 4) is 0 Å². The third-order valence-electron chi connectivity index (χ3n) is 4.21. The second-order valence-corrected chi connectivity index (χ2v) is 6.28. The topological polar surface area (TPSA) is 26.3 Å². The number of hydrogen-bond acceptors (Lipinski definition) is 2. The molecular weight excluding hydrogens is 283 g/mol. The first-order valence-electron chi connectivity index (χ1n) is 9.38. The molecule has 0 amide bonds. The van der Waals surface area contributed by atoms with Gasteiger partial charge in [0.25, 0.3) is 0 Å². The minimum absolute atomic E-state index is 0.